The molecule has 0 saturated carbocycles. The molecule has 12 heavy (non-hydrogen) atoms. The highest BCUT2D eigenvalue weighted by Crippen LogP contribution is 2.11. The molecule has 0 rings (SSSR count). The topological polar surface area (TPSA) is 37.3 Å². The smallest absolute Gasteiger partial charge is 0.132 e. The van der Waals surface area contributed by atoms with Crippen molar-refractivity contribution in [3.05, 3.63) is 0 Å². The summed E-state index contributed by atoms with van der Waals surface area (Å²) < 4.78 is 0. The van der Waals surface area contributed by atoms with Crippen LogP contribution in [0.1, 0.15) is 46.5 Å². The average molecular weight is 172 g/mol. The highest BCUT2D eigenvalue weighted by molar-refractivity contribution is 5.78. The van der Waals surface area contributed by atoms with E-state index < -0.39 is 0 Å². The van der Waals surface area contributed by atoms with Gasteiger partial charge in [0.25, 0.3) is 0 Å². The van der Waals surface area contributed by atoms with E-state index in [0.717, 1.165) is 12.8 Å². The molecule has 0 bridgehead atoms. The highest BCUT2D eigenvalue weighted by Gasteiger charge is 2.10. The Morgan fingerprint density at radius 3 is 2.33 bits per heavy atom. The average Bonchev–Trinajstić information content (AvgIpc) is 2.00. The van der Waals surface area contributed by atoms with Crippen molar-refractivity contribution in [3.63, 3.8) is 0 Å². The van der Waals surface area contributed by atoms with Gasteiger partial charge in [-0.05, 0) is 25.7 Å². The fourth-order valence-electron chi connectivity index (χ4n) is 1.03. The van der Waals surface area contributed by atoms with Crippen LogP contribution in [-0.4, -0.2) is 17.0 Å². The van der Waals surface area contributed by atoms with Crippen molar-refractivity contribution in [3.8, 4) is 0 Å². The molecule has 0 fully saturated rings. The van der Waals surface area contributed by atoms with Crippen LogP contribution in [0.4, 0.5) is 0 Å². The SMILES string of the molecule is CCCC(=O)CCC(C)C(C)O. The van der Waals surface area contributed by atoms with Crippen LogP contribution >= 0.6 is 0 Å². The molecule has 0 aliphatic heterocycles. The second-order valence-corrected chi connectivity index (χ2v) is 3.55. The summed E-state index contributed by atoms with van der Waals surface area (Å²) in [5, 5.41) is 9.15. The fourth-order valence-corrected chi connectivity index (χ4v) is 1.03. The van der Waals surface area contributed by atoms with Gasteiger partial charge < -0.3 is 5.11 Å². The standard InChI is InChI=1S/C10H20O2/c1-4-5-10(12)7-6-8(2)9(3)11/h8-9,11H,4-7H2,1-3H3. The third-order valence-corrected chi connectivity index (χ3v) is 2.23. The van der Waals surface area contributed by atoms with E-state index >= 15 is 0 Å². The Morgan fingerprint density at radius 2 is 1.92 bits per heavy atom. The largest absolute Gasteiger partial charge is 0.393 e. The Balaban J connectivity index is 3.47. The van der Waals surface area contributed by atoms with Crippen LogP contribution in [0.5, 0.6) is 0 Å². The molecule has 2 atom stereocenters. The Kier molecular flexibility index (Phi) is 5.99. The molecule has 2 unspecified atom stereocenters. The summed E-state index contributed by atoms with van der Waals surface area (Å²) in [6.07, 6.45) is 2.77. The monoisotopic (exact) mass is 172 g/mol. The van der Waals surface area contributed by atoms with E-state index in [4.69, 9.17) is 5.11 Å². The number of hydrogen-bond acceptors (Lipinski definition) is 2. The van der Waals surface area contributed by atoms with Crippen molar-refractivity contribution in [1.82, 2.24) is 0 Å². The maximum atomic E-state index is 11.1. The molecule has 0 aliphatic carbocycles. The Bertz CT molecular complexity index is 130. The van der Waals surface area contributed by atoms with E-state index in [1.807, 2.05) is 13.8 Å². The second-order valence-electron chi connectivity index (χ2n) is 3.55. The number of rotatable bonds is 6. The summed E-state index contributed by atoms with van der Waals surface area (Å²) in [5.74, 6) is 0.566. The third kappa shape index (κ3) is 5.30. The minimum Gasteiger partial charge on any atom is -0.393 e. The van der Waals surface area contributed by atoms with Crippen LogP contribution in [0.2, 0.25) is 0 Å². The summed E-state index contributed by atoms with van der Waals surface area (Å²) >= 11 is 0. The minimum atomic E-state index is -0.292. The summed E-state index contributed by atoms with van der Waals surface area (Å²) in [6.45, 7) is 5.76. The van der Waals surface area contributed by atoms with Crippen molar-refractivity contribution in [2.45, 2.75) is 52.6 Å². The van der Waals surface area contributed by atoms with Crippen LogP contribution in [0.25, 0.3) is 0 Å². The molecule has 0 heterocycles. The number of Topliss-reactive ketones (excluding diaryl/α,β-unsaturated/α-hetero) is 1. The van der Waals surface area contributed by atoms with Gasteiger partial charge >= 0.3 is 0 Å². The van der Waals surface area contributed by atoms with Crippen LogP contribution in [-0.2, 0) is 4.79 Å². The fraction of sp³-hybridized carbons (Fsp3) is 0.900. The maximum Gasteiger partial charge on any atom is 0.132 e. The number of carbonyl (C=O) groups is 1. The molecule has 0 aromatic rings. The number of aliphatic hydroxyl groups excluding tert-OH is 1. The first-order valence-electron chi connectivity index (χ1n) is 4.77. The number of aliphatic hydroxyl groups is 1. The normalized spacial score (nSPS) is 15.7. The minimum absolute atomic E-state index is 0.241. The second kappa shape index (κ2) is 6.18. The van der Waals surface area contributed by atoms with Gasteiger partial charge in [-0.25, -0.2) is 0 Å². The van der Waals surface area contributed by atoms with Gasteiger partial charge in [-0.15, -0.1) is 0 Å². The van der Waals surface area contributed by atoms with Gasteiger partial charge in [0, 0.05) is 12.8 Å². The molecule has 0 aliphatic rings. The lowest BCUT2D eigenvalue weighted by molar-refractivity contribution is -0.119. The first kappa shape index (κ1) is 11.6. The molecule has 0 aromatic carbocycles. The van der Waals surface area contributed by atoms with E-state index in [-0.39, 0.29) is 12.0 Å². The van der Waals surface area contributed by atoms with Gasteiger partial charge in [-0.3, -0.25) is 4.79 Å². The van der Waals surface area contributed by atoms with E-state index in [1.165, 1.54) is 0 Å². The molecule has 2 nitrogen and oxygen atoms in total. The lowest BCUT2D eigenvalue weighted by Crippen LogP contribution is -2.14. The summed E-state index contributed by atoms with van der Waals surface area (Å²) in [4.78, 5) is 11.1. The molecule has 0 radical (unpaired) electrons. The highest BCUT2D eigenvalue weighted by atomic mass is 16.3. The van der Waals surface area contributed by atoms with Crippen LogP contribution in [0.3, 0.4) is 0 Å². The summed E-state index contributed by atoms with van der Waals surface area (Å²) in [6, 6.07) is 0. The molecular weight excluding hydrogens is 152 g/mol. The summed E-state index contributed by atoms with van der Waals surface area (Å²) in [5.41, 5.74) is 0. The van der Waals surface area contributed by atoms with Gasteiger partial charge in [0.15, 0.2) is 0 Å². The van der Waals surface area contributed by atoms with Crippen molar-refractivity contribution in [1.29, 1.82) is 0 Å². The van der Waals surface area contributed by atoms with Gasteiger partial charge in [0.2, 0.25) is 0 Å². The molecular formula is C10H20O2. The first-order chi connectivity index (χ1) is 5.57. The van der Waals surface area contributed by atoms with Gasteiger partial charge in [0.05, 0.1) is 6.10 Å². The summed E-state index contributed by atoms with van der Waals surface area (Å²) in [7, 11) is 0. The molecule has 0 aromatic heterocycles. The molecule has 72 valence electrons. The zero-order valence-corrected chi connectivity index (χ0v) is 8.34. The Labute approximate surface area is 75.0 Å². The maximum absolute atomic E-state index is 11.1. The zero-order valence-electron chi connectivity index (χ0n) is 8.34. The van der Waals surface area contributed by atoms with Crippen LogP contribution in [0, 0.1) is 5.92 Å². The van der Waals surface area contributed by atoms with Crippen LogP contribution in [0.15, 0.2) is 0 Å². The van der Waals surface area contributed by atoms with Gasteiger partial charge in [-0.2, -0.15) is 0 Å². The van der Waals surface area contributed by atoms with Crippen molar-refractivity contribution >= 4 is 5.78 Å². The van der Waals surface area contributed by atoms with E-state index in [9.17, 15) is 4.79 Å². The predicted molar refractivity (Wildman–Crippen MR) is 50.0 cm³/mol. The third-order valence-electron chi connectivity index (χ3n) is 2.23. The Hall–Kier alpha value is -0.370. The van der Waals surface area contributed by atoms with Gasteiger partial charge in [0.1, 0.15) is 5.78 Å². The number of carbonyl (C=O) groups excluding carboxylic acids is 1. The van der Waals surface area contributed by atoms with Crippen molar-refractivity contribution < 1.29 is 9.90 Å². The van der Waals surface area contributed by atoms with Crippen LogP contribution < -0.4 is 0 Å². The zero-order chi connectivity index (χ0) is 9.56. The van der Waals surface area contributed by atoms with E-state index in [1.54, 1.807) is 6.92 Å². The Morgan fingerprint density at radius 1 is 1.33 bits per heavy atom. The number of ketones is 1. The van der Waals surface area contributed by atoms with Crippen molar-refractivity contribution in [2.75, 3.05) is 0 Å². The van der Waals surface area contributed by atoms with E-state index in [2.05, 4.69) is 0 Å². The molecule has 2 heteroatoms. The molecule has 1 N–H and O–H groups in total. The quantitative estimate of drug-likeness (QED) is 0.666. The molecule has 0 spiro atoms. The lowest BCUT2D eigenvalue weighted by Gasteiger charge is -2.13. The molecule has 0 saturated heterocycles. The number of hydrogen-bond donors (Lipinski definition) is 1. The predicted octanol–water partition coefficient (Wildman–Crippen LogP) is 2.15. The lowest BCUT2D eigenvalue weighted by atomic mass is 9.98. The van der Waals surface area contributed by atoms with E-state index in [0.29, 0.717) is 18.6 Å². The first-order valence-corrected chi connectivity index (χ1v) is 4.77. The van der Waals surface area contributed by atoms with Gasteiger partial charge in [-0.1, -0.05) is 13.8 Å². The molecule has 0 amide bonds. The van der Waals surface area contributed by atoms with Crippen molar-refractivity contribution in [2.24, 2.45) is 5.92 Å².